The molecule has 0 aliphatic heterocycles. The molecule has 0 atom stereocenters. The normalized spacial score (nSPS) is 11.6. The van der Waals surface area contributed by atoms with Crippen LogP contribution in [0.5, 0.6) is 0 Å². The summed E-state index contributed by atoms with van der Waals surface area (Å²) in [6, 6.07) is 6.31. The lowest BCUT2D eigenvalue weighted by Gasteiger charge is -2.04. The first-order chi connectivity index (χ1) is 8.04. The van der Waals surface area contributed by atoms with Gasteiger partial charge >= 0.3 is 5.97 Å². The molecule has 0 bridgehead atoms. The number of carboxylic acids is 1. The van der Waals surface area contributed by atoms with E-state index >= 15 is 0 Å². The highest BCUT2D eigenvalue weighted by molar-refractivity contribution is 7.99. The summed E-state index contributed by atoms with van der Waals surface area (Å²) in [5, 5.41) is 8.87. The maximum atomic E-state index is 10.8. The molecule has 0 heterocycles. The zero-order chi connectivity index (χ0) is 12.8. The van der Waals surface area contributed by atoms with Crippen LogP contribution in [0.2, 0.25) is 0 Å². The number of aliphatic carboxylic acids is 1. The van der Waals surface area contributed by atoms with Gasteiger partial charge in [-0.3, -0.25) is 0 Å². The van der Waals surface area contributed by atoms with Crippen LogP contribution in [-0.2, 0) is 4.79 Å². The average Bonchev–Trinajstić information content (AvgIpc) is 2.28. The summed E-state index contributed by atoms with van der Waals surface area (Å²) in [5.41, 5.74) is 3.04. The number of hydrogen-bond donors (Lipinski definition) is 1. The summed E-state index contributed by atoms with van der Waals surface area (Å²) < 4.78 is 0. The Labute approximate surface area is 107 Å². The predicted octanol–water partition coefficient (Wildman–Crippen LogP) is 3.82. The fourth-order valence-electron chi connectivity index (χ4n) is 1.43. The second kappa shape index (κ2) is 6.50. The molecular weight excluding hydrogens is 232 g/mol. The van der Waals surface area contributed by atoms with Crippen molar-refractivity contribution in [3.05, 3.63) is 41.0 Å². The van der Waals surface area contributed by atoms with E-state index in [4.69, 9.17) is 5.11 Å². The number of carboxylic acid groups (broad SMARTS) is 1. The lowest BCUT2D eigenvalue weighted by molar-refractivity contribution is -0.132. The molecule has 0 saturated carbocycles. The lowest BCUT2D eigenvalue weighted by atomic mass is 10.1. The Kier molecular flexibility index (Phi) is 5.29. The Morgan fingerprint density at radius 3 is 2.59 bits per heavy atom. The van der Waals surface area contributed by atoms with Gasteiger partial charge in [-0.25, -0.2) is 4.79 Å². The molecular formula is C14H18O2S. The Bertz CT molecular complexity index is 436. The van der Waals surface area contributed by atoms with Gasteiger partial charge in [-0.05, 0) is 43.5 Å². The topological polar surface area (TPSA) is 37.3 Å². The molecule has 0 saturated heterocycles. The predicted molar refractivity (Wildman–Crippen MR) is 72.6 cm³/mol. The summed E-state index contributed by atoms with van der Waals surface area (Å²) in [6.07, 6.45) is 2.37. The van der Waals surface area contributed by atoms with E-state index < -0.39 is 5.97 Å². The minimum Gasteiger partial charge on any atom is -0.478 e. The molecule has 0 amide bonds. The Morgan fingerprint density at radius 1 is 1.35 bits per heavy atom. The highest BCUT2D eigenvalue weighted by atomic mass is 32.2. The Hall–Kier alpha value is -1.22. The van der Waals surface area contributed by atoms with Crippen molar-refractivity contribution in [2.24, 2.45) is 0 Å². The van der Waals surface area contributed by atoms with Crippen molar-refractivity contribution in [2.75, 3.05) is 5.75 Å². The third-order valence-electron chi connectivity index (χ3n) is 2.71. The van der Waals surface area contributed by atoms with E-state index in [1.807, 2.05) is 6.92 Å². The molecule has 1 aromatic carbocycles. The first-order valence-corrected chi connectivity index (χ1v) is 6.65. The molecule has 1 aromatic rings. The van der Waals surface area contributed by atoms with E-state index in [1.165, 1.54) is 16.0 Å². The molecule has 0 radical (unpaired) electrons. The van der Waals surface area contributed by atoms with Crippen LogP contribution < -0.4 is 0 Å². The molecule has 3 heteroatoms. The van der Waals surface area contributed by atoms with Crippen molar-refractivity contribution in [3.63, 3.8) is 0 Å². The standard InChI is InChI=1S/C14H18O2S/c1-4-12(14(15)16)7-8-17-13-6-5-10(2)11(3)9-13/h5-7,9H,4,8H2,1-3H3,(H,15,16). The van der Waals surface area contributed by atoms with Crippen molar-refractivity contribution >= 4 is 17.7 Å². The first kappa shape index (κ1) is 13.8. The van der Waals surface area contributed by atoms with E-state index in [0.717, 1.165) is 0 Å². The van der Waals surface area contributed by atoms with Gasteiger partial charge in [-0.2, -0.15) is 0 Å². The molecule has 17 heavy (non-hydrogen) atoms. The van der Waals surface area contributed by atoms with Gasteiger partial charge in [0.15, 0.2) is 0 Å². The highest BCUT2D eigenvalue weighted by Gasteiger charge is 2.03. The van der Waals surface area contributed by atoms with Gasteiger partial charge in [0.1, 0.15) is 0 Å². The van der Waals surface area contributed by atoms with Gasteiger partial charge in [0.05, 0.1) is 0 Å². The maximum absolute atomic E-state index is 10.8. The number of thioether (sulfide) groups is 1. The van der Waals surface area contributed by atoms with Crippen LogP contribution in [0.15, 0.2) is 34.7 Å². The Morgan fingerprint density at radius 2 is 2.06 bits per heavy atom. The third-order valence-corrected chi connectivity index (χ3v) is 3.63. The lowest BCUT2D eigenvalue weighted by Crippen LogP contribution is -1.99. The summed E-state index contributed by atoms with van der Waals surface area (Å²) >= 11 is 1.66. The molecule has 1 rings (SSSR count). The van der Waals surface area contributed by atoms with Gasteiger partial charge in [0.2, 0.25) is 0 Å². The first-order valence-electron chi connectivity index (χ1n) is 5.67. The van der Waals surface area contributed by atoms with E-state index in [1.54, 1.807) is 17.8 Å². The van der Waals surface area contributed by atoms with Crippen LogP contribution in [0.25, 0.3) is 0 Å². The van der Waals surface area contributed by atoms with Crippen LogP contribution in [0.1, 0.15) is 24.5 Å². The Balaban J connectivity index is 2.61. The third kappa shape index (κ3) is 4.27. The fraction of sp³-hybridized carbons (Fsp3) is 0.357. The van der Waals surface area contributed by atoms with Crippen molar-refractivity contribution in [1.82, 2.24) is 0 Å². The van der Waals surface area contributed by atoms with Crippen LogP contribution in [0, 0.1) is 13.8 Å². The minimum atomic E-state index is -0.812. The van der Waals surface area contributed by atoms with Gasteiger partial charge < -0.3 is 5.11 Å². The SMILES string of the molecule is CCC(=CCSc1ccc(C)c(C)c1)C(=O)O. The number of benzene rings is 1. The van der Waals surface area contributed by atoms with Gasteiger partial charge in [-0.15, -0.1) is 11.8 Å². The molecule has 0 fully saturated rings. The molecule has 0 aliphatic carbocycles. The molecule has 92 valence electrons. The largest absolute Gasteiger partial charge is 0.478 e. The minimum absolute atomic E-state index is 0.487. The quantitative estimate of drug-likeness (QED) is 0.637. The number of hydrogen-bond acceptors (Lipinski definition) is 2. The van der Waals surface area contributed by atoms with Gasteiger partial charge in [0.25, 0.3) is 0 Å². The van der Waals surface area contributed by atoms with Crippen LogP contribution >= 0.6 is 11.8 Å². The molecule has 0 aromatic heterocycles. The van der Waals surface area contributed by atoms with Crippen molar-refractivity contribution < 1.29 is 9.90 Å². The maximum Gasteiger partial charge on any atom is 0.331 e. The zero-order valence-corrected chi connectivity index (χ0v) is 11.3. The van der Waals surface area contributed by atoms with E-state index in [9.17, 15) is 4.79 Å². The van der Waals surface area contributed by atoms with Crippen LogP contribution in [0.3, 0.4) is 0 Å². The molecule has 0 aliphatic rings. The monoisotopic (exact) mass is 250 g/mol. The molecule has 0 unspecified atom stereocenters. The summed E-state index contributed by atoms with van der Waals surface area (Å²) in [5.74, 6) is -0.106. The number of carbonyl (C=O) groups is 1. The average molecular weight is 250 g/mol. The summed E-state index contributed by atoms with van der Waals surface area (Å²) in [6.45, 7) is 6.04. The second-order valence-corrected chi connectivity index (χ2v) is 5.04. The van der Waals surface area contributed by atoms with Crippen molar-refractivity contribution in [2.45, 2.75) is 32.1 Å². The molecule has 0 spiro atoms. The number of aryl methyl sites for hydroxylation is 2. The van der Waals surface area contributed by atoms with Gasteiger partial charge in [0, 0.05) is 16.2 Å². The second-order valence-electron chi connectivity index (χ2n) is 3.95. The fourth-order valence-corrected chi connectivity index (χ4v) is 2.33. The molecule has 1 N–H and O–H groups in total. The van der Waals surface area contributed by atoms with Crippen LogP contribution in [-0.4, -0.2) is 16.8 Å². The van der Waals surface area contributed by atoms with Gasteiger partial charge in [-0.1, -0.05) is 19.1 Å². The number of rotatable bonds is 5. The van der Waals surface area contributed by atoms with E-state index in [0.29, 0.717) is 17.7 Å². The molecule has 2 nitrogen and oxygen atoms in total. The summed E-state index contributed by atoms with van der Waals surface area (Å²) in [7, 11) is 0. The van der Waals surface area contributed by atoms with Crippen LogP contribution in [0.4, 0.5) is 0 Å². The van der Waals surface area contributed by atoms with E-state index in [-0.39, 0.29) is 0 Å². The summed E-state index contributed by atoms with van der Waals surface area (Å²) in [4.78, 5) is 12.0. The van der Waals surface area contributed by atoms with E-state index in [2.05, 4.69) is 32.0 Å². The van der Waals surface area contributed by atoms with Crippen molar-refractivity contribution in [3.8, 4) is 0 Å². The highest BCUT2D eigenvalue weighted by Crippen LogP contribution is 2.21. The van der Waals surface area contributed by atoms with Crippen molar-refractivity contribution in [1.29, 1.82) is 0 Å². The smallest absolute Gasteiger partial charge is 0.331 e. The zero-order valence-electron chi connectivity index (χ0n) is 10.5.